The SMILES string of the molecule is Cc1cc(Br)cc2[nH]c(C3CCC(C(=O)O)C3)nc12. The number of benzene rings is 1. The maximum atomic E-state index is 11.0. The van der Waals surface area contributed by atoms with Crippen molar-refractivity contribution in [2.75, 3.05) is 0 Å². The van der Waals surface area contributed by atoms with Gasteiger partial charge in [0, 0.05) is 10.4 Å². The molecule has 0 bridgehead atoms. The zero-order chi connectivity index (χ0) is 13.6. The predicted octanol–water partition coefficient (Wildman–Crippen LogP) is 3.60. The van der Waals surface area contributed by atoms with Crippen LogP contribution in [0.4, 0.5) is 0 Å². The number of carbonyl (C=O) groups is 1. The van der Waals surface area contributed by atoms with Crippen molar-refractivity contribution in [3.63, 3.8) is 0 Å². The standard InChI is InChI=1S/C14H15BrN2O2/c1-7-4-10(15)6-11-12(7)17-13(16-11)8-2-3-9(5-8)14(18)19/h4,6,8-9H,2-3,5H2,1H3,(H,16,17)(H,18,19). The van der Waals surface area contributed by atoms with Crippen LogP contribution < -0.4 is 0 Å². The Bertz CT molecular complexity index is 650. The molecule has 4 nitrogen and oxygen atoms in total. The van der Waals surface area contributed by atoms with Crippen LogP contribution in [0.1, 0.15) is 36.6 Å². The molecule has 19 heavy (non-hydrogen) atoms. The van der Waals surface area contributed by atoms with E-state index in [9.17, 15) is 4.79 Å². The zero-order valence-corrected chi connectivity index (χ0v) is 12.2. The van der Waals surface area contributed by atoms with Gasteiger partial charge in [-0.05, 0) is 43.9 Å². The molecule has 3 rings (SSSR count). The third-order valence-corrected chi connectivity index (χ3v) is 4.39. The number of aromatic amines is 1. The highest BCUT2D eigenvalue weighted by atomic mass is 79.9. The van der Waals surface area contributed by atoms with Gasteiger partial charge in [-0.15, -0.1) is 0 Å². The van der Waals surface area contributed by atoms with Crippen LogP contribution in [0.5, 0.6) is 0 Å². The molecule has 1 saturated carbocycles. The number of H-pyrrole nitrogens is 1. The van der Waals surface area contributed by atoms with Crippen molar-refractivity contribution in [1.82, 2.24) is 9.97 Å². The van der Waals surface area contributed by atoms with E-state index in [0.717, 1.165) is 39.7 Å². The van der Waals surface area contributed by atoms with Crippen molar-refractivity contribution < 1.29 is 9.90 Å². The summed E-state index contributed by atoms with van der Waals surface area (Å²) in [6.07, 6.45) is 2.34. The first kappa shape index (κ1) is 12.7. The molecule has 2 atom stereocenters. The molecule has 0 amide bonds. The molecule has 1 aromatic heterocycles. The zero-order valence-electron chi connectivity index (χ0n) is 10.6. The highest BCUT2D eigenvalue weighted by Crippen LogP contribution is 2.38. The van der Waals surface area contributed by atoms with Crippen LogP contribution in [-0.4, -0.2) is 21.0 Å². The Morgan fingerprint density at radius 1 is 1.47 bits per heavy atom. The number of halogens is 1. The molecular formula is C14H15BrN2O2. The molecule has 100 valence electrons. The lowest BCUT2D eigenvalue weighted by molar-refractivity contribution is -0.141. The van der Waals surface area contributed by atoms with Gasteiger partial charge < -0.3 is 10.1 Å². The third kappa shape index (κ3) is 2.27. The van der Waals surface area contributed by atoms with Gasteiger partial charge in [-0.2, -0.15) is 0 Å². The van der Waals surface area contributed by atoms with Gasteiger partial charge in [0.25, 0.3) is 0 Å². The minimum absolute atomic E-state index is 0.217. The number of carboxylic acid groups (broad SMARTS) is 1. The first-order valence-electron chi connectivity index (χ1n) is 6.43. The van der Waals surface area contributed by atoms with Gasteiger partial charge in [0.15, 0.2) is 0 Å². The Labute approximate surface area is 119 Å². The van der Waals surface area contributed by atoms with Gasteiger partial charge in [0.1, 0.15) is 5.82 Å². The molecule has 0 aliphatic heterocycles. The number of fused-ring (bicyclic) bond motifs is 1. The number of carboxylic acids is 1. The summed E-state index contributed by atoms with van der Waals surface area (Å²) in [7, 11) is 0. The maximum Gasteiger partial charge on any atom is 0.306 e. The second-order valence-corrected chi connectivity index (χ2v) is 6.20. The Kier molecular flexibility index (Phi) is 3.09. The number of imidazole rings is 1. The lowest BCUT2D eigenvalue weighted by Gasteiger charge is -2.04. The Hall–Kier alpha value is -1.36. The summed E-state index contributed by atoms with van der Waals surface area (Å²) in [4.78, 5) is 19.0. The van der Waals surface area contributed by atoms with Crippen molar-refractivity contribution in [2.45, 2.75) is 32.1 Å². The van der Waals surface area contributed by atoms with E-state index in [-0.39, 0.29) is 11.8 Å². The smallest absolute Gasteiger partial charge is 0.306 e. The van der Waals surface area contributed by atoms with Gasteiger partial charge in [-0.3, -0.25) is 4.79 Å². The molecule has 0 spiro atoms. The van der Waals surface area contributed by atoms with Crippen molar-refractivity contribution in [3.8, 4) is 0 Å². The fourth-order valence-electron chi connectivity index (χ4n) is 2.91. The molecule has 5 heteroatoms. The minimum atomic E-state index is -0.683. The molecule has 1 aliphatic rings. The fourth-order valence-corrected chi connectivity index (χ4v) is 3.49. The normalized spacial score (nSPS) is 23.1. The summed E-state index contributed by atoms with van der Waals surface area (Å²) in [6, 6.07) is 4.06. The van der Waals surface area contributed by atoms with Crippen LogP contribution in [0.25, 0.3) is 11.0 Å². The number of nitrogens with one attached hydrogen (secondary N) is 1. The molecule has 2 unspecified atom stereocenters. The van der Waals surface area contributed by atoms with Crippen LogP contribution in [0.2, 0.25) is 0 Å². The summed E-state index contributed by atoms with van der Waals surface area (Å²) in [5.74, 6) is 0.273. The van der Waals surface area contributed by atoms with Crippen LogP contribution in [0.15, 0.2) is 16.6 Å². The predicted molar refractivity (Wildman–Crippen MR) is 76.2 cm³/mol. The number of aromatic nitrogens is 2. The second kappa shape index (κ2) is 4.63. The molecule has 2 aromatic rings. The number of aliphatic carboxylic acids is 1. The van der Waals surface area contributed by atoms with Gasteiger partial charge >= 0.3 is 5.97 Å². The number of rotatable bonds is 2. The van der Waals surface area contributed by atoms with Gasteiger partial charge in [-0.25, -0.2) is 4.98 Å². The van der Waals surface area contributed by atoms with E-state index in [1.165, 1.54) is 0 Å². The van der Waals surface area contributed by atoms with Crippen molar-refractivity contribution in [1.29, 1.82) is 0 Å². The molecule has 0 radical (unpaired) electrons. The molecule has 2 N–H and O–H groups in total. The van der Waals surface area contributed by atoms with E-state index in [0.29, 0.717) is 6.42 Å². The fraction of sp³-hybridized carbons (Fsp3) is 0.429. The van der Waals surface area contributed by atoms with Gasteiger partial charge in [0.2, 0.25) is 0 Å². The number of hydrogen-bond acceptors (Lipinski definition) is 2. The monoisotopic (exact) mass is 322 g/mol. The molecule has 1 heterocycles. The lowest BCUT2D eigenvalue weighted by atomic mass is 10.0. The lowest BCUT2D eigenvalue weighted by Crippen LogP contribution is -2.09. The highest BCUT2D eigenvalue weighted by Gasteiger charge is 2.32. The van der Waals surface area contributed by atoms with Crippen LogP contribution in [0, 0.1) is 12.8 Å². The maximum absolute atomic E-state index is 11.0. The summed E-state index contributed by atoms with van der Waals surface area (Å²) in [5.41, 5.74) is 3.12. The molecular weight excluding hydrogens is 308 g/mol. The van der Waals surface area contributed by atoms with Crippen LogP contribution in [-0.2, 0) is 4.79 Å². The van der Waals surface area contributed by atoms with Crippen LogP contribution >= 0.6 is 15.9 Å². The van der Waals surface area contributed by atoms with E-state index in [4.69, 9.17) is 5.11 Å². The molecule has 0 saturated heterocycles. The summed E-state index contributed by atoms with van der Waals surface area (Å²) >= 11 is 3.48. The van der Waals surface area contributed by atoms with Crippen molar-refractivity contribution >= 4 is 32.9 Å². The van der Waals surface area contributed by atoms with E-state index >= 15 is 0 Å². The Morgan fingerprint density at radius 2 is 2.26 bits per heavy atom. The van der Waals surface area contributed by atoms with E-state index < -0.39 is 5.97 Å². The second-order valence-electron chi connectivity index (χ2n) is 5.29. The van der Waals surface area contributed by atoms with Crippen molar-refractivity contribution in [2.24, 2.45) is 5.92 Å². The summed E-state index contributed by atoms with van der Waals surface area (Å²) in [6.45, 7) is 2.03. The van der Waals surface area contributed by atoms with Gasteiger partial charge in [0.05, 0.1) is 17.0 Å². The Balaban J connectivity index is 1.94. The van der Waals surface area contributed by atoms with Gasteiger partial charge in [-0.1, -0.05) is 15.9 Å². The molecule has 1 fully saturated rings. The number of nitrogens with zero attached hydrogens (tertiary/aromatic N) is 1. The Morgan fingerprint density at radius 3 is 2.95 bits per heavy atom. The number of aryl methyl sites for hydroxylation is 1. The first-order chi connectivity index (χ1) is 9.04. The molecule has 1 aromatic carbocycles. The van der Waals surface area contributed by atoms with Crippen LogP contribution in [0.3, 0.4) is 0 Å². The number of hydrogen-bond donors (Lipinski definition) is 2. The highest BCUT2D eigenvalue weighted by molar-refractivity contribution is 9.10. The van der Waals surface area contributed by atoms with Crippen molar-refractivity contribution in [3.05, 3.63) is 28.0 Å². The van der Waals surface area contributed by atoms with E-state index in [1.54, 1.807) is 0 Å². The summed E-state index contributed by atoms with van der Waals surface area (Å²) < 4.78 is 1.03. The van der Waals surface area contributed by atoms with E-state index in [1.807, 2.05) is 19.1 Å². The topological polar surface area (TPSA) is 66.0 Å². The average Bonchev–Trinajstić information content (AvgIpc) is 2.92. The average molecular weight is 323 g/mol. The quantitative estimate of drug-likeness (QED) is 0.887. The molecule has 1 aliphatic carbocycles. The third-order valence-electron chi connectivity index (χ3n) is 3.93. The minimum Gasteiger partial charge on any atom is -0.481 e. The largest absolute Gasteiger partial charge is 0.481 e. The van der Waals surface area contributed by atoms with E-state index in [2.05, 4.69) is 25.9 Å². The first-order valence-corrected chi connectivity index (χ1v) is 7.22. The summed E-state index contributed by atoms with van der Waals surface area (Å²) in [5, 5.41) is 9.06.